The van der Waals surface area contributed by atoms with Crippen LogP contribution < -0.4 is 5.32 Å². The van der Waals surface area contributed by atoms with Gasteiger partial charge in [-0.3, -0.25) is 9.78 Å². The second-order valence-corrected chi connectivity index (χ2v) is 5.29. The Labute approximate surface area is 135 Å². The lowest BCUT2D eigenvalue weighted by atomic mass is 10.0. The normalized spacial score (nSPS) is 13.3. The molecule has 118 valence electrons. The summed E-state index contributed by atoms with van der Waals surface area (Å²) >= 11 is 0. The molecule has 0 spiro atoms. The van der Waals surface area contributed by atoms with E-state index in [2.05, 4.69) is 11.2 Å². The second-order valence-electron chi connectivity index (χ2n) is 5.29. The Morgan fingerprint density at radius 2 is 2.30 bits per heavy atom. The number of hydrogen-bond donors (Lipinski definition) is 1. The second kappa shape index (κ2) is 7.23. The van der Waals surface area contributed by atoms with Crippen molar-refractivity contribution in [2.45, 2.75) is 19.4 Å². The zero-order valence-electron chi connectivity index (χ0n) is 12.8. The molecule has 0 saturated carbocycles. The number of ether oxygens (including phenoxy) is 2. The molecule has 1 aromatic carbocycles. The van der Waals surface area contributed by atoms with Crippen molar-refractivity contribution in [1.82, 2.24) is 4.98 Å². The first-order valence-electron chi connectivity index (χ1n) is 7.59. The van der Waals surface area contributed by atoms with Crippen molar-refractivity contribution in [2.75, 3.05) is 25.1 Å². The van der Waals surface area contributed by atoms with Crippen LogP contribution in [0.5, 0.6) is 0 Å². The summed E-state index contributed by atoms with van der Waals surface area (Å²) in [6.07, 6.45) is 6.13. The molecule has 5 heteroatoms. The molecule has 1 aromatic heterocycles. The number of para-hydroxylation sites is 1. The number of nitrogens with one attached hydrogen (secondary N) is 1. The van der Waals surface area contributed by atoms with Crippen LogP contribution in [0.15, 0.2) is 24.3 Å². The average Bonchev–Trinajstić information content (AvgIpc) is 2.58. The molecule has 23 heavy (non-hydrogen) atoms. The fourth-order valence-electron chi connectivity index (χ4n) is 2.65. The molecule has 0 saturated heterocycles. The number of aromatic nitrogens is 1. The summed E-state index contributed by atoms with van der Waals surface area (Å²) < 4.78 is 10.7. The van der Waals surface area contributed by atoms with Crippen LogP contribution in [0.2, 0.25) is 0 Å². The van der Waals surface area contributed by atoms with Gasteiger partial charge in [0.25, 0.3) is 0 Å². The van der Waals surface area contributed by atoms with Gasteiger partial charge in [0.15, 0.2) is 0 Å². The van der Waals surface area contributed by atoms with E-state index in [0.29, 0.717) is 19.8 Å². The van der Waals surface area contributed by atoms with Crippen LogP contribution in [0.1, 0.15) is 17.7 Å². The molecular weight excluding hydrogens is 292 g/mol. The van der Waals surface area contributed by atoms with E-state index < -0.39 is 0 Å². The number of rotatable bonds is 5. The minimum absolute atomic E-state index is 0.105. The number of pyridine rings is 1. The van der Waals surface area contributed by atoms with Gasteiger partial charge in [0.05, 0.1) is 43.1 Å². The number of amides is 1. The fraction of sp³-hybridized carbons (Fsp3) is 0.333. The van der Waals surface area contributed by atoms with Crippen molar-refractivity contribution in [3.63, 3.8) is 0 Å². The van der Waals surface area contributed by atoms with Crippen LogP contribution in [-0.4, -0.2) is 30.7 Å². The number of fused-ring (bicyclic) bond motifs is 2. The quantitative estimate of drug-likeness (QED) is 0.680. The standard InChI is InChI=1S/C18H18N2O3/c1-2-9-22-11-8-17(21)20-18-13-5-3-4-6-15(13)19-16-7-10-23-12-14(16)18/h1,3-6H,7-12H2,(H,19,20,21). The molecule has 0 bridgehead atoms. The molecule has 0 fully saturated rings. The maximum Gasteiger partial charge on any atom is 0.226 e. The highest BCUT2D eigenvalue weighted by Crippen LogP contribution is 2.31. The van der Waals surface area contributed by atoms with E-state index >= 15 is 0 Å². The van der Waals surface area contributed by atoms with Crippen molar-refractivity contribution in [1.29, 1.82) is 0 Å². The minimum atomic E-state index is -0.105. The molecule has 5 nitrogen and oxygen atoms in total. The van der Waals surface area contributed by atoms with Gasteiger partial charge < -0.3 is 14.8 Å². The van der Waals surface area contributed by atoms with Gasteiger partial charge in [0.2, 0.25) is 5.91 Å². The van der Waals surface area contributed by atoms with Gasteiger partial charge in [-0.05, 0) is 6.07 Å². The van der Waals surface area contributed by atoms with Crippen LogP contribution in [-0.2, 0) is 27.3 Å². The largest absolute Gasteiger partial charge is 0.376 e. The first kappa shape index (κ1) is 15.5. The maximum atomic E-state index is 12.2. The predicted molar refractivity (Wildman–Crippen MR) is 88.0 cm³/mol. The third kappa shape index (κ3) is 3.50. The van der Waals surface area contributed by atoms with Crippen LogP contribution >= 0.6 is 0 Å². The molecule has 2 heterocycles. The molecule has 1 N–H and O–H groups in total. The van der Waals surface area contributed by atoms with Crippen LogP contribution in [0.3, 0.4) is 0 Å². The summed E-state index contributed by atoms with van der Waals surface area (Å²) in [5.74, 6) is 2.27. The summed E-state index contributed by atoms with van der Waals surface area (Å²) in [5, 5.41) is 3.92. The number of nitrogens with zero attached hydrogens (tertiary/aromatic N) is 1. The van der Waals surface area contributed by atoms with Crippen molar-refractivity contribution in [3.8, 4) is 12.3 Å². The monoisotopic (exact) mass is 310 g/mol. The maximum absolute atomic E-state index is 12.2. The smallest absolute Gasteiger partial charge is 0.226 e. The van der Waals surface area contributed by atoms with Crippen molar-refractivity contribution >= 4 is 22.5 Å². The predicted octanol–water partition coefficient (Wildman–Crippen LogP) is 2.29. The molecule has 0 aliphatic carbocycles. The summed E-state index contributed by atoms with van der Waals surface area (Å²) in [6.45, 7) is 1.65. The Bertz CT molecular complexity index is 765. The molecule has 1 aliphatic heterocycles. The van der Waals surface area contributed by atoms with E-state index in [9.17, 15) is 4.79 Å². The van der Waals surface area contributed by atoms with Crippen LogP contribution in [0.25, 0.3) is 10.9 Å². The summed E-state index contributed by atoms with van der Waals surface area (Å²) in [7, 11) is 0. The zero-order valence-corrected chi connectivity index (χ0v) is 12.8. The summed E-state index contributed by atoms with van der Waals surface area (Å²) in [6, 6.07) is 7.80. The Balaban J connectivity index is 1.86. The lowest BCUT2D eigenvalue weighted by Crippen LogP contribution is -2.19. The number of anilines is 1. The average molecular weight is 310 g/mol. The molecular formula is C18H18N2O3. The van der Waals surface area contributed by atoms with E-state index in [1.54, 1.807) is 0 Å². The number of carbonyl (C=O) groups excluding carboxylic acids is 1. The molecule has 0 radical (unpaired) electrons. The highest BCUT2D eigenvalue weighted by molar-refractivity contribution is 6.02. The molecule has 1 amide bonds. The Hall–Kier alpha value is -2.42. The SMILES string of the molecule is C#CCOCCC(=O)Nc1c2c(nc3ccccc13)CCOC2. The molecule has 0 unspecified atom stereocenters. The zero-order chi connectivity index (χ0) is 16.1. The first-order valence-corrected chi connectivity index (χ1v) is 7.59. The third-order valence-electron chi connectivity index (χ3n) is 3.73. The highest BCUT2D eigenvalue weighted by Gasteiger charge is 2.19. The molecule has 3 rings (SSSR count). The lowest BCUT2D eigenvalue weighted by molar-refractivity contribution is -0.117. The lowest BCUT2D eigenvalue weighted by Gasteiger charge is -2.21. The van der Waals surface area contributed by atoms with Gasteiger partial charge in [-0.15, -0.1) is 6.42 Å². The van der Waals surface area contributed by atoms with Gasteiger partial charge in [0, 0.05) is 17.4 Å². The van der Waals surface area contributed by atoms with Gasteiger partial charge in [0.1, 0.15) is 6.61 Å². The molecule has 0 atom stereocenters. The van der Waals surface area contributed by atoms with Gasteiger partial charge >= 0.3 is 0 Å². The molecule has 1 aliphatic rings. The van der Waals surface area contributed by atoms with E-state index in [1.807, 2.05) is 24.3 Å². The van der Waals surface area contributed by atoms with Crippen molar-refractivity contribution in [2.24, 2.45) is 0 Å². The molecule has 2 aromatic rings. The topological polar surface area (TPSA) is 60.5 Å². The highest BCUT2D eigenvalue weighted by atomic mass is 16.5. The van der Waals surface area contributed by atoms with E-state index in [0.717, 1.165) is 34.3 Å². The van der Waals surface area contributed by atoms with Gasteiger partial charge in [-0.1, -0.05) is 24.1 Å². The minimum Gasteiger partial charge on any atom is -0.376 e. The van der Waals surface area contributed by atoms with E-state index in [1.165, 1.54) is 0 Å². The van der Waals surface area contributed by atoms with E-state index in [-0.39, 0.29) is 18.9 Å². The number of hydrogen-bond acceptors (Lipinski definition) is 4. The first-order chi connectivity index (χ1) is 11.3. The Morgan fingerprint density at radius 1 is 1.43 bits per heavy atom. The van der Waals surface area contributed by atoms with Crippen molar-refractivity contribution in [3.05, 3.63) is 35.5 Å². The Kier molecular flexibility index (Phi) is 4.86. The summed E-state index contributed by atoms with van der Waals surface area (Å²) in [4.78, 5) is 16.9. The number of benzene rings is 1. The van der Waals surface area contributed by atoms with Crippen molar-refractivity contribution < 1.29 is 14.3 Å². The number of carbonyl (C=O) groups is 1. The third-order valence-corrected chi connectivity index (χ3v) is 3.73. The van der Waals surface area contributed by atoms with Crippen LogP contribution in [0.4, 0.5) is 5.69 Å². The Morgan fingerprint density at radius 3 is 3.17 bits per heavy atom. The van der Waals surface area contributed by atoms with E-state index in [4.69, 9.17) is 20.9 Å². The fourth-order valence-corrected chi connectivity index (χ4v) is 2.65. The summed E-state index contributed by atoms with van der Waals surface area (Å²) in [5.41, 5.74) is 3.64. The number of terminal acetylenes is 1. The van der Waals surface area contributed by atoms with Gasteiger partial charge in [-0.25, -0.2) is 0 Å². The van der Waals surface area contributed by atoms with Gasteiger partial charge in [-0.2, -0.15) is 0 Å². The van der Waals surface area contributed by atoms with Crippen LogP contribution in [0, 0.1) is 12.3 Å².